The summed E-state index contributed by atoms with van der Waals surface area (Å²) < 4.78 is 5.27. The quantitative estimate of drug-likeness (QED) is 0.495. The number of nitrogens with one attached hydrogen (secondary N) is 1. The van der Waals surface area contributed by atoms with Gasteiger partial charge in [-0.3, -0.25) is 4.79 Å². The highest BCUT2D eigenvalue weighted by Crippen LogP contribution is 2.35. The number of aromatic amines is 1. The molecule has 0 unspecified atom stereocenters. The number of ether oxygens (including phenoxy) is 1. The molecule has 0 atom stereocenters. The lowest BCUT2D eigenvalue weighted by Crippen LogP contribution is -2.10. The summed E-state index contributed by atoms with van der Waals surface area (Å²) in [4.78, 5) is 22.2. The lowest BCUT2D eigenvalue weighted by molar-refractivity contribution is 0.415. The van der Waals surface area contributed by atoms with Gasteiger partial charge in [-0.15, -0.1) is 11.3 Å². The summed E-state index contributed by atoms with van der Waals surface area (Å²) in [5, 5.41) is 3.34. The van der Waals surface area contributed by atoms with E-state index in [4.69, 9.17) is 16.3 Å². The van der Waals surface area contributed by atoms with Crippen LogP contribution in [-0.2, 0) is 12.8 Å². The number of fused-ring (bicyclic) bond motifs is 4. The van der Waals surface area contributed by atoms with Crippen molar-refractivity contribution in [3.05, 3.63) is 68.6 Å². The van der Waals surface area contributed by atoms with Gasteiger partial charge in [-0.1, -0.05) is 29.8 Å². The average molecular weight is 409 g/mol. The minimum absolute atomic E-state index is 0.100. The van der Waals surface area contributed by atoms with E-state index in [-0.39, 0.29) is 5.56 Å². The number of halogens is 1. The van der Waals surface area contributed by atoms with Crippen molar-refractivity contribution >= 4 is 55.0 Å². The first-order chi connectivity index (χ1) is 13.6. The van der Waals surface area contributed by atoms with Crippen LogP contribution in [0.5, 0.6) is 5.75 Å². The van der Waals surface area contributed by atoms with Gasteiger partial charge in [0, 0.05) is 4.88 Å². The molecule has 6 heteroatoms. The zero-order valence-corrected chi connectivity index (χ0v) is 16.8. The third-order valence-electron chi connectivity index (χ3n) is 5.17. The molecule has 0 aliphatic heterocycles. The van der Waals surface area contributed by atoms with Crippen molar-refractivity contribution in [1.29, 1.82) is 0 Å². The molecular weight excluding hydrogens is 392 g/mol. The maximum Gasteiger partial charge on any atom is 0.260 e. The molecule has 1 aliphatic carbocycles. The molecule has 0 bridgehead atoms. The Hall–Kier alpha value is -2.63. The van der Waals surface area contributed by atoms with Crippen LogP contribution in [0.3, 0.4) is 0 Å². The first-order valence-corrected chi connectivity index (χ1v) is 10.3. The largest absolute Gasteiger partial charge is 0.497 e. The lowest BCUT2D eigenvalue weighted by Gasteiger charge is -2.04. The lowest BCUT2D eigenvalue weighted by atomic mass is 10.1. The second-order valence-electron chi connectivity index (χ2n) is 6.92. The second kappa shape index (κ2) is 6.76. The van der Waals surface area contributed by atoms with Gasteiger partial charge in [0.05, 0.1) is 17.5 Å². The minimum Gasteiger partial charge on any atom is -0.497 e. The molecule has 4 nitrogen and oxygen atoms in total. The first kappa shape index (κ1) is 17.5. The van der Waals surface area contributed by atoms with E-state index in [1.165, 1.54) is 10.4 Å². The molecule has 0 radical (unpaired) electrons. The molecule has 4 aromatic rings. The van der Waals surface area contributed by atoms with Crippen LogP contribution < -0.4 is 10.3 Å². The van der Waals surface area contributed by atoms with Crippen molar-refractivity contribution in [2.45, 2.75) is 19.3 Å². The van der Waals surface area contributed by atoms with E-state index in [2.05, 4.69) is 9.97 Å². The van der Waals surface area contributed by atoms with E-state index in [1.54, 1.807) is 18.4 Å². The highest BCUT2D eigenvalue weighted by atomic mass is 35.5. The Morgan fingerprint density at radius 2 is 2.04 bits per heavy atom. The van der Waals surface area contributed by atoms with Crippen LogP contribution in [-0.4, -0.2) is 17.1 Å². The van der Waals surface area contributed by atoms with Gasteiger partial charge in [-0.25, -0.2) is 4.98 Å². The highest BCUT2D eigenvalue weighted by Gasteiger charge is 2.21. The van der Waals surface area contributed by atoms with E-state index < -0.39 is 0 Å². The molecule has 140 valence electrons. The minimum atomic E-state index is -0.100. The van der Waals surface area contributed by atoms with Crippen molar-refractivity contribution in [1.82, 2.24) is 9.97 Å². The molecule has 0 saturated carbocycles. The number of aryl methyl sites for hydroxylation is 2. The van der Waals surface area contributed by atoms with Crippen LogP contribution in [0.15, 0.2) is 41.2 Å². The Balaban J connectivity index is 1.55. The number of rotatable bonds is 3. The predicted molar refractivity (Wildman–Crippen MR) is 116 cm³/mol. The molecule has 5 rings (SSSR count). The number of nitrogens with zero attached hydrogens (tertiary/aromatic N) is 1. The van der Waals surface area contributed by atoms with Crippen molar-refractivity contribution in [3.63, 3.8) is 0 Å². The molecule has 0 spiro atoms. The number of aromatic nitrogens is 2. The van der Waals surface area contributed by atoms with Crippen molar-refractivity contribution in [2.75, 3.05) is 7.11 Å². The molecule has 0 amide bonds. The number of H-pyrrole nitrogens is 1. The Labute approximate surface area is 170 Å². The summed E-state index contributed by atoms with van der Waals surface area (Å²) in [6.45, 7) is 0. The topological polar surface area (TPSA) is 55.0 Å². The highest BCUT2D eigenvalue weighted by molar-refractivity contribution is 7.18. The molecule has 0 saturated heterocycles. The SMILES string of the molecule is COc1ccc2cc(/C=C(\Cl)c3nc4sc5c(c4c(=O)[nH]3)CCC5)ccc2c1. The van der Waals surface area contributed by atoms with E-state index >= 15 is 0 Å². The smallest absolute Gasteiger partial charge is 0.260 e. The summed E-state index contributed by atoms with van der Waals surface area (Å²) in [5.41, 5.74) is 2.01. The number of hydrogen-bond acceptors (Lipinski definition) is 4. The summed E-state index contributed by atoms with van der Waals surface area (Å²) in [6, 6.07) is 12.0. The Morgan fingerprint density at radius 3 is 2.89 bits per heavy atom. The van der Waals surface area contributed by atoms with Gasteiger partial charge in [-0.05, 0) is 65.4 Å². The Kier molecular flexibility index (Phi) is 4.22. The van der Waals surface area contributed by atoms with Crippen LogP contribution >= 0.6 is 22.9 Å². The van der Waals surface area contributed by atoms with Crippen LogP contribution in [0.4, 0.5) is 0 Å². The van der Waals surface area contributed by atoms with Crippen LogP contribution in [0, 0.1) is 0 Å². The summed E-state index contributed by atoms with van der Waals surface area (Å²) in [7, 11) is 1.66. The first-order valence-electron chi connectivity index (χ1n) is 9.12. The number of thiophene rings is 1. The molecule has 2 aromatic heterocycles. The van der Waals surface area contributed by atoms with Crippen molar-refractivity contribution < 1.29 is 4.74 Å². The molecule has 0 fully saturated rings. The Morgan fingerprint density at radius 1 is 1.21 bits per heavy atom. The summed E-state index contributed by atoms with van der Waals surface area (Å²) >= 11 is 8.13. The third kappa shape index (κ3) is 2.91. The zero-order chi connectivity index (χ0) is 19.3. The fourth-order valence-corrected chi connectivity index (χ4v) is 5.27. The molecule has 1 N–H and O–H groups in total. The number of benzene rings is 2. The van der Waals surface area contributed by atoms with Gasteiger partial charge < -0.3 is 9.72 Å². The summed E-state index contributed by atoms with van der Waals surface area (Å²) in [5.74, 6) is 1.24. The second-order valence-corrected chi connectivity index (χ2v) is 8.41. The molecule has 2 aromatic carbocycles. The van der Waals surface area contributed by atoms with Crippen LogP contribution in [0.25, 0.3) is 32.1 Å². The van der Waals surface area contributed by atoms with Crippen LogP contribution in [0.1, 0.15) is 28.2 Å². The van der Waals surface area contributed by atoms with Gasteiger partial charge in [0.1, 0.15) is 10.6 Å². The maximum atomic E-state index is 12.6. The standard InChI is InChI=1S/C22H17ClN2O2S/c1-27-15-8-7-13-9-12(5-6-14(13)11-15)10-17(23)20-24-21(26)19-16-3-2-4-18(16)28-22(19)25-20/h5-11H,2-4H2,1H3,(H,24,25,26)/b17-10-. The van der Waals surface area contributed by atoms with Gasteiger partial charge in [0.15, 0.2) is 5.82 Å². The number of hydrogen-bond donors (Lipinski definition) is 1. The summed E-state index contributed by atoms with van der Waals surface area (Å²) in [6.07, 6.45) is 4.95. The van der Waals surface area contributed by atoms with Crippen molar-refractivity contribution in [3.8, 4) is 5.75 Å². The van der Waals surface area contributed by atoms with Gasteiger partial charge >= 0.3 is 0 Å². The zero-order valence-electron chi connectivity index (χ0n) is 15.2. The maximum absolute atomic E-state index is 12.6. The average Bonchev–Trinajstić information content (AvgIpc) is 3.28. The van der Waals surface area contributed by atoms with Gasteiger partial charge in [-0.2, -0.15) is 0 Å². The third-order valence-corrected chi connectivity index (χ3v) is 6.64. The fraction of sp³-hybridized carbons (Fsp3) is 0.182. The number of methoxy groups -OCH3 is 1. The molecular formula is C22H17ClN2O2S. The van der Waals surface area contributed by atoms with E-state index in [0.717, 1.165) is 51.6 Å². The van der Waals surface area contributed by atoms with Crippen molar-refractivity contribution in [2.24, 2.45) is 0 Å². The predicted octanol–water partition coefficient (Wildman–Crippen LogP) is 5.37. The fourth-order valence-electron chi connectivity index (χ4n) is 3.79. The monoisotopic (exact) mass is 408 g/mol. The van der Waals surface area contributed by atoms with E-state index in [0.29, 0.717) is 10.9 Å². The molecule has 2 heterocycles. The molecule has 1 aliphatic rings. The van der Waals surface area contributed by atoms with E-state index in [9.17, 15) is 4.79 Å². The van der Waals surface area contributed by atoms with Crippen LogP contribution in [0.2, 0.25) is 0 Å². The normalized spacial score (nSPS) is 14.0. The van der Waals surface area contributed by atoms with Gasteiger partial charge in [0.2, 0.25) is 0 Å². The van der Waals surface area contributed by atoms with E-state index in [1.807, 2.05) is 42.5 Å². The molecule has 28 heavy (non-hydrogen) atoms. The van der Waals surface area contributed by atoms with Gasteiger partial charge in [0.25, 0.3) is 5.56 Å². The Bertz CT molecular complexity index is 1320.